The van der Waals surface area contributed by atoms with Crippen molar-refractivity contribution in [3.8, 4) is 11.5 Å². The molecule has 0 aromatic heterocycles. The first-order valence-corrected chi connectivity index (χ1v) is 7.97. The van der Waals surface area contributed by atoms with Gasteiger partial charge in [0.15, 0.2) is 0 Å². The summed E-state index contributed by atoms with van der Waals surface area (Å²) in [7, 11) is 3.22. The van der Waals surface area contributed by atoms with Crippen LogP contribution in [0, 0.1) is 0 Å². The van der Waals surface area contributed by atoms with Gasteiger partial charge in [-0.2, -0.15) is 0 Å². The van der Waals surface area contributed by atoms with Gasteiger partial charge in [-0.3, -0.25) is 0 Å². The van der Waals surface area contributed by atoms with Gasteiger partial charge in [0.2, 0.25) is 0 Å². The minimum absolute atomic E-state index is 0.468. The molecule has 0 amide bonds. The molecule has 2 aromatic carbocycles. The van der Waals surface area contributed by atoms with Gasteiger partial charge in [0.1, 0.15) is 11.5 Å². The van der Waals surface area contributed by atoms with Crippen molar-refractivity contribution in [2.24, 2.45) is 0 Å². The molecule has 0 saturated carbocycles. The maximum Gasteiger partial charge on any atom is 0.125 e. The average molecular weight is 416 g/mol. The fourth-order valence-electron chi connectivity index (χ4n) is 2.11. The second-order valence-electron chi connectivity index (χ2n) is 4.56. The molecule has 0 spiro atoms. The third-order valence-corrected chi connectivity index (χ3v) is 4.49. The lowest BCUT2D eigenvalue weighted by Gasteiger charge is -2.16. The summed E-state index contributed by atoms with van der Waals surface area (Å²) < 4.78 is 12.4. The van der Waals surface area contributed by atoms with E-state index in [-0.39, 0.29) is 0 Å². The van der Waals surface area contributed by atoms with Crippen molar-refractivity contribution in [2.45, 2.75) is 12.5 Å². The highest BCUT2D eigenvalue weighted by Gasteiger charge is 2.16. The van der Waals surface area contributed by atoms with E-state index >= 15 is 0 Å². The highest BCUT2D eigenvalue weighted by atomic mass is 79.9. The van der Waals surface area contributed by atoms with Crippen LogP contribution in [0.2, 0.25) is 0 Å². The van der Waals surface area contributed by atoms with E-state index in [1.807, 2.05) is 36.4 Å². The predicted molar refractivity (Wildman–Crippen MR) is 90.1 cm³/mol. The van der Waals surface area contributed by atoms with E-state index in [0.717, 1.165) is 25.8 Å². The number of hydrogen-bond donors (Lipinski definition) is 1. The molecule has 1 N–H and O–H groups in total. The van der Waals surface area contributed by atoms with Gasteiger partial charge in [0.05, 0.1) is 20.3 Å². The van der Waals surface area contributed by atoms with Crippen molar-refractivity contribution in [1.82, 2.24) is 0 Å². The van der Waals surface area contributed by atoms with E-state index in [0.29, 0.717) is 12.2 Å². The standard InChI is InChI=1S/C16H16Br2O3/c1-20-12-4-6-14(18)10(7-12)8-15(19)13-5-3-11(17)9-16(13)21-2/h3-7,9,15,19H,8H2,1-2H3. The number of aliphatic hydroxyl groups is 1. The van der Waals surface area contributed by atoms with Gasteiger partial charge in [-0.25, -0.2) is 0 Å². The minimum Gasteiger partial charge on any atom is -0.497 e. The zero-order chi connectivity index (χ0) is 15.4. The molecular formula is C16H16Br2O3. The highest BCUT2D eigenvalue weighted by Crippen LogP contribution is 2.32. The maximum atomic E-state index is 10.5. The van der Waals surface area contributed by atoms with Crippen LogP contribution in [0.25, 0.3) is 0 Å². The van der Waals surface area contributed by atoms with Gasteiger partial charge in [-0.15, -0.1) is 0 Å². The summed E-state index contributed by atoms with van der Waals surface area (Å²) in [6, 6.07) is 11.3. The molecule has 0 fully saturated rings. The van der Waals surface area contributed by atoms with Crippen molar-refractivity contribution in [3.63, 3.8) is 0 Å². The molecule has 0 aliphatic heterocycles. The summed E-state index contributed by atoms with van der Waals surface area (Å²) >= 11 is 6.90. The third-order valence-electron chi connectivity index (χ3n) is 3.22. The fourth-order valence-corrected chi connectivity index (χ4v) is 2.86. The molecule has 5 heteroatoms. The lowest BCUT2D eigenvalue weighted by Crippen LogP contribution is -2.05. The number of ether oxygens (including phenoxy) is 2. The van der Waals surface area contributed by atoms with Crippen LogP contribution in [0.3, 0.4) is 0 Å². The first kappa shape index (κ1) is 16.3. The van der Waals surface area contributed by atoms with Crippen LogP contribution in [0.1, 0.15) is 17.2 Å². The Morgan fingerprint density at radius 2 is 1.81 bits per heavy atom. The monoisotopic (exact) mass is 414 g/mol. The van der Waals surface area contributed by atoms with Crippen molar-refractivity contribution in [1.29, 1.82) is 0 Å². The van der Waals surface area contributed by atoms with Gasteiger partial charge in [0.25, 0.3) is 0 Å². The summed E-state index contributed by atoms with van der Waals surface area (Å²) in [5.41, 5.74) is 1.74. The average Bonchev–Trinajstić information content (AvgIpc) is 2.49. The summed E-state index contributed by atoms with van der Waals surface area (Å²) in [4.78, 5) is 0. The Labute approximate surface area is 141 Å². The first-order valence-electron chi connectivity index (χ1n) is 6.39. The Hall–Kier alpha value is -1.04. The number of aliphatic hydroxyl groups excluding tert-OH is 1. The molecular weight excluding hydrogens is 400 g/mol. The Kier molecular flexibility index (Phi) is 5.67. The smallest absolute Gasteiger partial charge is 0.125 e. The third kappa shape index (κ3) is 3.99. The molecule has 2 rings (SSSR count). The normalized spacial score (nSPS) is 12.0. The van der Waals surface area contributed by atoms with Crippen LogP contribution >= 0.6 is 31.9 Å². The van der Waals surface area contributed by atoms with Crippen LogP contribution in [-0.4, -0.2) is 19.3 Å². The molecule has 0 radical (unpaired) electrons. The Morgan fingerprint density at radius 3 is 2.48 bits per heavy atom. The van der Waals surface area contributed by atoms with E-state index < -0.39 is 6.10 Å². The molecule has 3 nitrogen and oxygen atoms in total. The number of methoxy groups -OCH3 is 2. The topological polar surface area (TPSA) is 38.7 Å². The zero-order valence-corrected chi connectivity index (χ0v) is 14.9. The second kappa shape index (κ2) is 7.29. The molecule has 0 aliphatic rings. The van der Waals surface area contributed by atoms with Crippen LogP contribution in [0.4, 0.5) is 0 Å². The van der Waals surface area contributed by atoms with Crippen LogP contribution in [-0.2, 0) is 6.42 Å². The molecule has 1 unspecified atom stereocenters. The predicted octanol–water partition coefficient (Wildman–Crippen LogP) is 4.50. The molecule has 0 bridgehead atoms. The number of halogens is 2. The van der Waals surface area contributed by atoms with Crippen LogP contribution in [0.15, 0.2) is 45.3 Å². The molecule has 2 aromatic rings. The molecule has 21 heavy (non-hydrogen) atoms. The van der Waals surface area contributed by atoms with E-state index in [9.17, 15) is 5.11 Å². The van der Waals surface area contributed by atoms with E-state index in [1.165, 1.54) is 0 Å². The maximum absolute atomic E-state index is 10.5. The Bertz CT molecular complexity index is 629. The Morgan fingerprint density at radius 1 is 1.05 bits per heavy atom. The molecule has 112 valence electrons. The van der Waals surface area contributed by atoms with Crippen molar-refractivity contribution in [2.75, 3.05) is 14.2 Å². The Balaban J connectivity index is 2.27. The van der Waals surface area contributed by atoms with E-state index in [4.69, 9.17) is 9.47 Å². The highest BCUT2D eigenvalue weighted by molar-refractivity contribution is 9.10. The number of hydrogen-bond acceptors (Lipinski definition) is 3. The van der Waals surface area contributed by atoms with Crippen molar-refractivity contribution >= 4 is 31.9 Å². The summed E-state index contributed by atoms with van der Waals surface area (Å²) in [6.45, 7) is 0. The van der Waals surface area contributed by atoms with Gasteiger partial charge >= 0.3 is 0 Å². The van der Waals surface area contributed by atoms with Gasteiger partial charge < -0.3 is 14.6 Å². The quantitative estimate of drug-likeness (QED) is 0.780. The molecule has 0 saturated heterocycles. The van der Waals surface area contributed by atoms with Gasteiger partial charge in [-0.05, 0) is 35.9 Å². The SMILES string of the molecule is COc1ccc(Br)c(CC(O)c2ccc(Br)cc2OC)c1. The first-order chi connectivity index (χ1) is 10.0. The molecule has 0 heterocycles. The fraction of sp³-hybridized carbons (Fsp3) is 0.250. The van der Waals surface area contributed by atoms with Gasteiger partial charge in [0, 0.05) is 20.9 Å². The molecule has 1 atom stereocenters. The second-order valence-corrected chi connectivity index (χ2v) is 6.33. The minimum atomic E-state index is -0.656. The van der Waals surface area contributed by atoms with Crippen LogP contribution in [0.5, 0.6) is 11.5 Å². The van der Waals surface area contributed by atoms with Gasteiger partial charge in [-0.1, -0.05) is 37.9 Å². The summed E-state index contributed by atoms with van der Waals surface area (Å²) in [5.74, 6) is 1.43. The number of rotatable bonds is 5. The largest absolute Gasteiger partial charge is 0.497 e. The van der Waals surface area contributed by atoms with Crippen LogP contribution < -0.4 is 9.47 Å². The molecule has 0 aliphatic carbocycles. The lowest BCUT2D eigenvalue weighted by molar-refractivity contribution is 0.173. The van der Waals surface area contributed by atoms with E-state index in [2.05, 4.69) is 31.9 Å². The summed E-state index contributed by atoms with van der Waals surface area (Å²) in [6.07, 6.45) is -0.188. The number of benzene rings is 2. The lowest BCUT2D eigenvalue weighted by atomic mass is 10.0. The zero-order valence-electron chi connectivity index (χ0n) is 11.8. The summed E-state index contributed by atoms with van der Waals surface area (Å²) in [5, 5.41) is 10.5. The van der Waals surface area contributed by atoms with Crippen molar-refractivity contribution < 1.29 is 14.6 Å². The van der Waals surface area contributed by atoms with Crippen molar-refractivity contribution in [3.05, 3.63) is 56.5 Å². The van der Waals surface area contributed by atoms with E-state index in [1.54, 1.807) is 14.2 Å².